The number of aryl methyl sites for hydroxylation is 1. The summed E-state index contributed by atoms with van der Waals surface area (Å²) in [5, 5.41) is 0.948. The molecule has 0 atom stereocenters. The topological polar surface area (TPSA) is 72.9 Å². The molecule has 33 heavy (non-hydrogen) atoms. The van der Waals surface area contributed by atoms with Crippen LogP contribution in [0.15, 0.2) is 64.0 Å². The number of halogens is 3. The van der Waals surface area contributed by atoms with Gasteiger partial charge in [-0.15, -0.1) is 0 Å². The Morgan fingerprint density at radius 1 is 1.03 bits per heavy atom. The summed E-state index contributed by atoms with van der Waals surface area (Å²) < 4.78 is 39.0. The van der Waals surface area contributed by atoms with Crippen LogP contribution in [0.3, 0.4) is 0 Å². The summed E-state index contributed by atoms with van der Waals surface area (Å²) in [5.74, 6) is 0.107. The number of hydrogen-bond donors (Lipinski definition) is 0. The van der Waals surface area contributed by atoms with Gasteiger partial charge in [-0.05, 0) is 95.5 Å². The Morgan fingerprint density at radius 3 is 2.21 bits per heavy atom. The molecule has 3 aromatic rings. The number of hydrogen-bond acceptors (Lipinski definition) is 5. The van der Waals surface area contributed by atoms with Gasteiger partial charge < -0.3 is 9.47 Å². The van der Waals surface area contributed by atoms with E-state index >= 15 is 0 Å². The average Bonchev–Trinajstić information content (AvgIpc) is 2.80. The number of sulfonamides is 1. The Bertz CT molecular complexity index is 1280. The SMILES string of the molecule is COc1ccc(N(C(=O)COc2cc(C)c(Cl)c(C)c2Br)S(=O)(=O)c2ccc(Cl)cc2)cc1. The van der Waals surface area contributed by atoms with E-state index in [4.69, 9.17) is 32.7 Å². The second-order valence-electron chi connectivity index (χ2n) is 7.05. The monoisotopic (exact) mass is 571 g/mol. The molecule has 0 aliphatic rings. The van der Waals surface area contributed by atoms with Crippen LogP contribution in [0.2, 0.25) is 10.0 Å². The van der Waals surface area contributed by atoms with E-state index in [1.54, 1.807) is 18.2 Å². The van der Waals surface area contributed by atoms with Crippen LogP contribution in [0.5, 0.6) is 11.5 Å². The number of carbonyl (C=O) groups excluding carboxylic acids is 1. The summed E-state index contributed by atoms with van der Waals surface area (Å²) >= 11 is 15.6. The summed E-state index contributed by atoms with van der Waals surface area (Å²) in [7, 11) is -2.77. The number of nitrogens with zero attached hydrogens (tertiary/aromatic N) is 1. The fraction of sp³-hybridized carbons (Fsp3) is 0.174. The van der Waals surface area contributed by atoms with E-state index in [2.05, 4.69) is 15.9 Å². The largest absolute Gasteiger partial charge is 0.497 e. The molecule has 0 fully saturated rings. The maximum atomic E-state index is 13.4. The zero-order valence-corrected chi connectivity index (χ0v) is 21.8. The van der Waals surface area contributed by atoms with Crippen molar-refractivity contribution in [3.63, 3.8) is 0 Å². The van der Waals surface area contributed by atoms with Crippen molar-refractivity contribution in [2.75, 3.05) is 18.0 Å². The minimum absolute atomic E-state index is 0.0876. The van der Waals surface area contributed by atoms with Crippen LogP contribution in [-0.2, 0) is 14.8 Å². The summed E-state index contributed by atoms with van der Waals surface area (Å²) in [6.07, 6.45) is 0. The summed E-state index contributed by atoms with van der Waals surface area (Å²) in [6, 6.07) is 13.3. The molecule has 0 bridgehead atoms. The van der Waals surface area contributed by atoms with E-state index in [1.165, 1.54) is 43.5 Å². The Kier molecular flexibility index (Phi) is 7.95. The quantitative estimate of drug-likeness (QED) is 0.338. The Labute approximate surface area is 211 Å². The van der Waals surface area contributed by atoms with E-state index in [1.807, 2.05) is 13.8 Å². The van der Waals surface area contributed by atoms with Gasteiger partial charge in [0.15, 0.2) is 6.61 Å². The highest BCUT2D eigenvalue weighted by Crippen LogP contribution is 2.36. The number of amides is 1. The van der Waals surface area contributed by atoms with Crippen LogP contribution < -0.4 is 13.8 Å². The van der Waals surface area contributed by atoms with Crippen molar-refractivity contribution in [1.82, 2.24) is 0 Å². The number of ether oxygens (including phenoxy) is 2. The molecular formula is C23H20BrCl2NO5S. The molecule has 0 spiro atoms. The van der Waals surface area contributed by atoms with Gasteiger partial charge in [0.05, 0.1) is 22.2 Å². The van der Waals surface area contributed by atoms with Crippen molar-refractivity contribution in [2.45, 2.75) is 18.7 Å². The van der Waals surface area contributed by atoms with Gasteiger partial charge >= 0.3 is 0 Å². The molecule has 174 valence electrons. The van der Waals surface area contributed by atoms with Gasteiger partial charge in [-0.25, -0.2) is 8.42 Å². The van der Waals surface area contributed by atoms with Crippen molar-refractivity contribution in [1.29, 1.82) is 0 Å². The molecule has 0 aromatic heterocycles. The van der Waals surface area contributed by atoms with Crippen LogP contribution >= 0.6 is 39.1 Å². The van der Waals surface area contributed by atoms with Crippen LogP contribution in [0.4, 0.5) is 5.69 Å². The Hall–Kier alpha value is -2.26. The molecule has 6 nitrogen and oxygen atoms in total. The third-order valence-electron chi connectivity index (χ3n) is 4.81. The van der Waals surface area contributed by atoms with Gasteiger partial charge in [-0.2, -0.15) is 4.31 Å². The van der Waals surface area contributed by atoms with Gasteiger partial charge in [0, 0.05) is 10.0 Å². The van der Waals surface area contributed by atoms with Crippen LogP contribution in [0, 0.1) is 13.8 Å². The van der Waals surface area contributed by atoms with E-state index in [0.29, 0.717) is 30.3 Å². The van der Waals surface area contributed by atoms with Crippen molar-refractivity contribution in [3.8, 4) is 11.5 Å². The molecule has 0 aliphatic heterocycles. The minimum Gasteiger partial charge on any atom is -0.497 e. The lowest BCUT2D eigenvalue weighted by Crippen LogP contribution is -2.40. The zero-order valence-electron chi connectivity index (χ0n) is 17.9. The maximum absolute atomic E-state index is 13.4. The average molecular weight is 573 g/mol. The molecule has 0 N–H and O–H groups in total. The molecule has 1 amide bonds. The number of anilines is 1. The third-order valence-corrected chi connectivity index (χ3v) is 8.39. The minimum atomic E-state index is -4.26. The molecule has 3 rings (SSSR count). The predicted octanol–water partition coefficient (Wildman–Crippen LogP) is 6.18. The molecule has 0 unspecified atom stereocenters. The van der Waals surface area contributed by atoms with Crippen molar-refractivity contribution in [2.24, 2.45) is 0 Å². The first kappa shape index (κ1) is 25.4. The number of methoxy groups -OCH3 is 1. The van der Waals surface area contributed by atoms with Crippen LogP contribution in [0.25, 0.3) is 0 Å². The highest BCUT2D eigenvalue weighted by Gasteiger charge is 2.31. The lowest BCUT2D eigenvalue weighted by molar-refractivity contribution is -0.119. The number of carbonyl (C=O) groups is 1. The van der Waals surface area contributed by atoms with Crippen molar-refractivity contribution in [3.05, 3.63) is 80.2 Å². The zero-order chi connectivity index (χ0) is 24.3. The van der Waals surface area contributed by atoms with Gasteiger partial charge in [0.2, 0.25) is 0 Å². The fourth-order valence-corrected chi connectivity index (χ4v) is 5.28. The van der Waals surface area contributed by atoms with Gasteiger partial charge in [-0.3, -0.25) is 4.79 Å². The van der Waals surface area contributed by atoms with Gasteiger partial charge in [-0.1, -0.05) is 23.2 Å². The molecular weight excluding hydrogens is 553 g/mol. The van der Waals surface area contributed by atoms with E-state index < -0.39 is 22.5 Å². The van der Waals surface area contributed by atoms with E-state index in [9.17, 15) is 13.2 Å². The van der Waals surface area contributed by atoms with E-state index in [-0.39, 0.29) is 10.6 Å². The highest BCUT2D eigenvalue weighted by molar-refractivity contribution is 9.10. The normalized spacial score (nSPS) is 11.2. The first-order chi connectivity index (χ1) is 15.6. The molecule has 3 aromatic carbocycles. The standard InChI is InChI=1S/C23H20BrCl2NO5S/c1-14-12-20(22(24)15(2)23(14)26)32-13-21(28)27(17-6-8-18(31-3)9-7-17)33(29,30)19-10-4-16(25)5-11-19/h4-12H,13H2,1-3H3. The van der Waals surface area contributed by atoms with Crippen molar-refractivity contribution < 1.29 is 22.7 Å². The Morgan fingerprint density at radius 2 is 1.64 bits per heavy atom. The summed E-state index contributed by atoms with van der Waals surface area (Å²) in [5.41, 5.74) is 1.66. The molecule has 10 heteroatoms. The number of rotatable bonds is 7. The smallest absolute Gasteiger partial charge is 0.278 e. The molecule has 0 aliphatic carbocycles. The fourth-order valence-electron chi connectivity index (χ4n) is 3.05. The molecule has 0 saturated heterocycles. The highest BCUT2D eigenvalue weighted by atomic mass is 79.9. The molecule has 0 radical (unpaired) electrons. The second kappa shape index (κ2) is 10.3. The van der Waals surface area contributed by atoms with Crippen LogP contribution in [-0.4, -0.2) is 28.0 Å². The lowest BCUT2D eigenvalue weighted by Gasteiger charge is -2.23. The number of benzene rings is 3. The lowest BCUT2D eigenvalue weighted by atomic mass is 10.1. The van der Waals surface area contributed by atoms with Gasteiger partial charge in [0.25, 0.3) is 15.9 Å². The van der Waals surface area contributed by atoms with E-state index in [0.717, 1.165) is 11.1 Å². The molecule has 0 saturated carbocycles. The molecule has 0 heterocycles. The maximum Gasteiger partial charge on any atom is 0.278 e. The second-order valence-corrected chi connectivity index (χ2v) is 10.4. The third kappa shape index (κ3) is 5.46. The Balaban J connectivity index is 1.98. The van der Waals surface area contributed by atoms with Crippen LogP contribution in [0.1, 0.15) is 11.1 Å². The van der Waals surface area contributed by atoms with Gasteiger partial charge in [0.1, 0.15) is 11.5 Å². The predicted molar refractivity (Wildman–Crippen MR) is 133 cm³/mol. The summed E-state index contributed by atoms with van der Waals surface area (Å²) in [4.78, 5) is 13.1. The van der Waals surface area contributed by atoms with Crippen molar-refractivity contribution >= 4 is 60.7 Å². The first-order valence-electron chi connectivity index (χ1n) is 9.62. The summed E-state index contributed by atoms with van der Waals surface area (Å²) in [6.45, 7) is 3.09. The first-order valence-corrected chi connectivity index (χ1v) is 12.6.